The number of hydrogen-bond acceptors (Lipinski definition) is 8. The van der Waals surface area contributed by atoms with Gasteiger partial charge in [0.1, 0.15) is 0 Å². The first-order chi connectivity index (χ1) is 31.0. The lowest BCUT2D eigenvalue weighted by Gasteiger charge is -2.23. The van der Waals surface area contributed by atoms with Gasteiger partial charge in [0.2, 0.25) is 17.7 Å². The van der Waals surface area contributed by atoms with Crippen LogP contribution in [0.2, 0.25) is 0 Å². The van der Waals surface area contributed by atoms with Crippen molar-refractivity contribution in [3.05, 3.63) is 24.3 Å². The van der Waals surface area contributed by atoms with E-state index in [-0.39, 0.29) is 24.1 Å². The molecule has 0 heterocycles. The Labute approximate surface area is 387 Å². The standard InChI is InChI=1S/C52H100N4O7/c1-4-6-8-10-12-14-16-18-20-22-24-26-28-30-32-34-50(57)53-37-40-56(42-39-55-52(59)36-43-61-46-47-63-49-48-62-45-44-60-3)41-38-54-51(58)35-33-31-29-27-25-23-21-19-17-15-13-11-9-7-5-2/h18-21H,4-17,22-49H2,1-3H3,(H,53,57)(H,54,58)(H,55,59). The van der Waals surface area contributed by atoms with Gasteiger partial charge in [0, 0.05) is 65.6 Å². The molecule has 0 aliphatic heterocycles. The Hall–Kier alpha value is -2.31. The summed E-state index contributed by atoms with van der Waals surface area (Å²) >= 11 is 0. The quantitative estimate of drug-likeness (QED) is 0.0407. The molecule has 0 aromatic carbocycles. The predicted molar refractivity (Wildman–Crippen MR) is 263 cm³/mol. The molecule has 11 heteroatoms. The van der Waals surface area contributed by atoms with Gasteiger partial charge in [-0.3, -0.25) is 19.3 Å². The Morgan fingerprint density at radius 3 is 1.05 bits per heavy atom. The number of amides is 3. The number of carbonyl (C=O) groups is 3. The van der Waals surface area contributed by atoms with Crippen LogP contribution in [0.25, 0.3) is 0 Å². The van der Waals surface area contributed by atoms with E-state index in [1.807, 2.05) is 0 Å². The van der Waals surface area contributed by atoms with Gasteiger partial charge >= 0.3 is 0 Å². The normalized spacial score (nSPS) is 11.7. The van der Waals surface area contributed by atoms with Crippen LogP contribution in [-0.4, -0.2) is 115 Å². The van der Waals surface area contributed by atoms with Gasteiger partial charge < -0.3 is 34.9 Å². The van der Waals surface area contributed by atoms with Crippen molar-refractivity contribution in [2.75, 3.05) is 92.6 Å². The molecule has 0 aromatic rings. The van der Waals surface area contributed by atoms with Gasteiger partial charge in [-0.1, -0.05) is 141 Å². The molecule has 0 aliphatic carbocycles. The molecule has 0 aliphatic rings. The molecular formula is C52H100N4O7. The van der Waals surface area contributed by atoms with Crippen LogP contribution in [0.4, 0.5) is 0 Å². The molecule has 11 nitrogen and oxygen atoms in total. The lowest BCUT2D eigenvalue weighted by atomic mass is 10.1. The van der Waals surface area contributed by atoms with Crippen LogP contribution >= 0.6 is 0 Å². The first-order valence-electron chi connectivity index (χ1n) is 26.1. The molecule has 0 atom stereocenters. The largest absolute Gasteiger partial charge is 0.382 e. The smallest absolute Gasteiger partial charge is 0.222 e. The number of nitrogens with one attached hydrogen (secondary N) is 3. The Morgan fingerprint density at radius 1 is 0.381 bits per heavy atom. The van der Waals surface area contributed by atoms with E-state index in [1.165, 1.54) is 128 Å². The first-order valence-corrected chi connectivity index (χ1v) is 26.1. The Morgan fingerprint density at radius 2 is 0.683 bits per heavy atom. The lowest BCUT2D eigenvalue weighted by molar-refractivity contribution is -0.122. The molecule has 0 saturated heterocycles. The molecule has 0 spiro atoms. The second-order valence-corrected chi connectivity index (χ2v) is 17.1. The lowest BCUT2D eigenvalue weighted by Crippen LogP contribution is -2.43. The molecule has 0 bridgehead atoms. The molecule has 0 saturated carbocycles. The monoisotopic (exact) mass is 893 g/mol. The third-order valence-corrected chi connectivity index (χ3v) is 11.2. The highest BCUT2D eigenvalue weighted by Gasteiger charge is 2.10. The third kappa shape index (κ3) is 50.5. The molecule has 63 heavy (non-hydrogen) atoms. The van der Waals surface area contributed by atoms with E-state index in [2.05, 4.69) is 59.0 Å². The summed E-state index contributed by atoms with van der Waals surface area (Å²) in [6.45, 7) is 11.3. The highest BCUT2D eigenvalue weighted by atomic mass is 16.6. The maximum absolute atomic E-state index is 12.6. The Balaban J connectivity index is 4.31. The maximum Gasteiger partial charge on any atom is 0.222 e. The van der Waals surface area contributed by atoms with Gasteiger partial charge in [-0.25, -0.2) is 0 Å². The van der Waals surface area contributed by atoms with Crippen molar-refractivity contribution in [3.63, 3.8) is 0 Å². The van der Waals surface area contributed by atoms with Crippen molar-refractivity contribution in [2.45, 2.75) is 200 Å². The van der Waals surface area contributed by atoms with Crippen LogP contribution in [0.3, 0.4) is 0 Å². The fraction of sp³-hybridized carbons (Fsp3) is 0.865. The van der Waals surface area contributed by atoms with Crippen molar-refractivity contribution in [1.29, 1.82) is 0 Å². The number of nitrogens with zero attached hydrogens (tertiary/aromatic N) is 1. The van der Waals surface area contributed by atoms with E-state index < -0.39 is 0 Å². The van der Waals surface area contributed by atoms with E-state index in [0.717, 1.165) is 38.5 Å². The van der Waals surface area contributed by atoms with Gasteiger partial charge in [0.15, 0.2) is 0 Å². The minimum absolute atomic E-state index is 0.0658. The summed E-state index contributed by atoms with van der Waals surface area (Å²) in [5.74, 6) is 0.119. The van der Waals surface area contributed by atoms with Crippen LogP contribution in [-0.2, 0) is 33.3 Å². The summed E-state index contributed by atoms with van der Waals surface area (Å²) in [4.78, 5) is 39.9. The molecule has 0 radical (unpaired) electrons. The van der Waals surface area contributed by atoms with Crippen molar-refractivity contribution in [2.24, 2.45) is 0 Å². The molecule has 0 fully saturated rings. The molecular weight excluding hydrogens is 793 g/mol. The van der Waals surface area contributed by atoms with Crippen LogP contribution in [0.15, 0.2) is 24.3 Å². The van der Waals surface area contributed by atoms with Crippen LogP contribution in [0, 0.1) is 0 Å². The Bertz CT molecular complexity index is 986. The highest BCUT2D eigenvalue weighted by molar-refractivity contribution is 5.76. The van der Waals surface area contributed by atoms with E-state index in [9.17, 15) is 14.4 Å². The van der Waals surface area contributed by atoms with Crippen molar-refractivity contribution in [3.8, 4) is 0 Å². The summed E-state index contributed by atoms with van der Waals surface area (Å²) in [5.41, 5.74) is 0. The molecule has 0 aromatic heterocycles. The zero-order valence-corrected chi connectivity index (χ0v) is 41.3. The first kappa shape index (κ1) is 60.7. The van der Waals surface area contributed by atoms with Crippen LogP contribution in [0.1, 0.15) is 200 Å². The molecule has 0 rings (SSSR count). The minimum atomic E-state index is -0.0658. The van der Waals surface area contributed by atoms with Gasteiger partial charge in [-0.2, -0.15) is 0 Å². The Kier molecular flexibility index (Phi) is 50.4. The average molecular weight is 893 g/mol. The fourth-order valence-corrected chi connectivity index (χ4v) is 7.22. The molecule has 370 valence electrons. The maximum atomic E-state index is 12.6. The number of ether oxygens (including phenoxy) is 4. The van der Waals surface area contributed by atoms with Gasteiger partial charge in [-0.15, -0.1) is 0 Å². The van der Waals surface area contributed by atoms with Crippen molar-refractivity contribution < 1.29 is 33.3 Å². The van der Waals surface area contributed by atoms with Crippen LogP contribution < -0.4 is 16.0 Å². The number of rotatable bonds is 51. The molecule has 0 unspecified atom stereocenters. The highest BCUT2D eigenvalue weighted by Crippen LogP contribution is 2.12. The van der Waals surface area contributed by atoms with Crippen molar-refractivity contribution in [1.82, 2.24) is 20.9 Å². The second-order valence-electron chi connectivity index (χ2n) is 17.1. The van der Waals surface area contributed by atoms with E-state index >= 15 is 0 Å². The zero-order chi connectivity index (χ0) is 45.8. The molecule has 3 amide bonds. The number of carbonyl (C=O) groups excluding carboxylic acids is 3. The SMILES string of the molecule is CCCCCCCCC=CCCCCCCCC(=O)NCCN(CCNC(=O)CCCCCCCC=CCCCCCCCC)CCNC(=O)CCOCCOCCOCCOC. The number of methoxy groups -OCH3 is 1. The van der Waals surface area contributed by atoms with Gasteiger partial charge in [-0.05, 0) is 64.2 Å². The van der Waals surface area contributed by atoms with Gasteiger partial charge in [0.25, 0.3) is 0 Å². The predicted octanol–water partition coefficient (Wildman–Crippen LogP) is 10.8. The summed E-state index contributed by atoms with van der Waals surface area (Å²) in [6, 6.07) is 0. The third-order valence-electron chi connectivity index (χ3n) is 11.2. The number of allylic oxidation sites excluding steroid dienone is 4. The fourth-order valence-electron chi connectivity index (χ4n) is 7.22. The summed E-state index contributed by atoms with van der Waals surface area (Å²) in [6.07, 6.45) is 43.0. The van der Waals surface area contributed by atoms with Crippen LogP contribution in [0.5, 0.6) is 0 Å². The van der Waals surface area contributed by atoms with Gasteiger partial charge in [0.05, 0.1) is 46.2 Å². The summed E-state index contributed by atoms with van der Waals surface area (Å²) in [7, 11) is 1.64. The average Bonchev–Trinajstić information content (AvgIpc) is 3.28. The molecule has 3 N–H and O–H groups in total. The summed E-state index contributed by atoms with van der Waals surface area (Å²) in [5, 5.41) is 9.17. The number of unbranched alkanes of at least 4 members (excludes halogenated alkanes) is 22. The van der Waals surface area contributed by atoms with E-state index in [0.29, 0.717) is 98.4 Å². The topological polar surface area (TPSA) is 127 Å². The minimum Gasteiger partial charge on any atom is -0.382 e. The summed E-state index contributed by atoms with van der Waals surface area (Å²) < 4.78 is 21.3. The zero-order valence-electron chi connectivity index (χ0n) is 41.3. The van der Waals surface area contributed by atoms with E-state index in [1.54, 1.807) is 7.11 Å². The van der Waals surface area contributed by atoms with Crippen molar-refractivity contribution >= 4 is 17.7 Å². The number of hydrogen-bond donors (Lipinski definition) is 3. The second kappa shape index (κ2) is 52.3. The van der Waals surface area contributed by atoms with E-state index in [4.69, 9.17) is 18.9 Å².